The van der Waals surface area contributed by atoms with Crippen LogP contribution >= 0.6 is 0 Å². The van der Waals surface area contributed by atoms with E-state index in [1.807, 2.05) is 6.92 Å². The number of nitrogens with two attached hydrogens (primary N) is 1. The summed E-state index contributed by atoms with van der Waals surface area (Å²) in [7, 11) is 0. The molecule has 590 valence electrons. The fraction of sp³-hybridized carbons (Fsp3) is 0.676. The monoisotopic (exact) mass is 1500 g/mol. The normalized spacial score (nSPS) is 26.9. The van der Waals surface area contributed by atoms with Gasteiger partial charge < -0.3 is 106 Å². The summed E-state index contributed by atoms with van der Waals surface area (Å²) in [5.74, 6) is -8.39. The van der Waals surface area contributed by atoms with Gasteiger partial charge in [-0.15, -0.1) is 0 Å². The van der Waals surface area contributed by atoms with Crippen molar-refractivity contribution in [1.82, 2.24) is 31.5 Å². The number of carbonyl (C=O) groups is 11. The van der Waals surface area contributed by atoms with Gasteiger partial charge in [0, 0.05) is 60.5 Å². The van der Waals surface area contributed by atoms with Crippen LogP contribution in [0.3, 0.4) is 0 Å². The molecule has 1 unspecified atom stereocenters. The molecule has 3 saturated carbocycles. The number of ketones is 2. The van der Waals surface area contributed by atoms with Crippen LogP contribution in [0.15, 0.2) is 60.2 Å². The second kappa shape index (κ2) is 39.3. The second-order valence-corrected chi connectivity index (χ2v) is 27.9. The Kier molecular flexibility index (Phi) is 31.7. The molecule has 35 heteroatoms. The number of carbonyl (C=O) groups excluding carboxylic acids is 11. The number of nitrogens with zero attached hydrogens (tertiary/aromatic N) is 1. The molecule has 17 atom stereocenters. The van der Waals surface area contributed by atoms with Gasteiger partial charge in [0.05, 0.1) is 84.3 Å². The van der Waals surface area contributed by atoms with Crippen molar-refractivity contribution < 1.29 is 130 Å². The molecule has 0 radical (unpaired) electrons. The summed E-state index contributed by atoms with van der Waals surface area (Å²) in [4.78, 5) is 145. The fourth-order valence-electron chi connectivity index (χ4n) is 14.8. The van der Waals surface area contributed by atoms with Crippen LogP contribution in [0, 0.1) is 28.6 Å². The number of urea groups is 1. The smallest absolute Gasteiger partial charge is 0.429 e. The van der Waals surface area contributed by atoms with Gasteiger partial charge in [-0.3, -0.25) is 48.1 Å². The number of fused-ring (bicyclic) bond motifs is 7. The first-order valence-electron chi connectivity index (χ1n) is 35.7. The predicted molar refractivity (Wildman–Crippen MR) is 367 cm³/mol. The first-order chi connectivity index (χ1) is 50.3. The van der Waals surface area contributed by atoms with Crippen LogP contribution < -0.4 is 37.6 Å². The summed E-state index contributed by atoms with van der Waals surface area (Å²) in [5, 5.41) is 76.5. The number of rotatable bonds is 44. The van der Waals surface area contributed by atoms with Crippen LogP contribution in [0.1, 0.15) is 111 Å². The number of hydrogen-bond donors (Lipinski definition) is 13. The van der Waals surface area contributed by atoms with Crippen molar-refractivity contribution in [2.45, 2.75) is 190 Å². The Bertz CT molecular complexity index is 3330. The summed E-state index contributed by atoms with van der Waals surface area (Å²) in [6.45, 7) is 6.65. The molecule has 1 saturated heterocycles. The quantitative estimate of drug-likeness (QED) is 0.0227. The van der Waals surface area contributed by atoms with E-state index in [4.69, 9.17) is 48.7 Å². The number of amides is 9. The minimum Gasteiger partial charge on any atom is -0.429 e. The lowest BCUT2D eigenvalue weighted by atomic mass is 9.44. The Morgan fingerprint density at radius 2 is 1.36 bits per heavy atom. The molecule has 0 spiro atoms. The van der Waals surface area contributed by atoms with Crippen molar-refractivity contribution in [1.29, 1.82) is 0 Å². The molecular weight excluding hydrogens is 1400 g/mol. The fourth-order valence-corrected chi connectivity index (χ4v) is 14.8. The van der Waals surface area contributed by atoms with Gasteiger partial charge in [-0.25, -0.2) is 18.4 Å². The number of alkyl halides is 2. The minimum atomic E-state index is -2.44. The number of benzene rings is 1. The van der Waals surface area contributed by atoms with Crippen LogP contribution in [0.4, 0.5) is 24.1 Å². The summed E-state index contributed by atoms with van der Waals surface area (Å²) in [6, 6.07) is 0.995. The molecule has 6 aliphatic rings. The van der Waals surface area contributed by atoms with Crippen molar-refractivity contribution in [3.8, 4) is 0 Å². The Labute approximate surface area is 611 Å². The molecule has 0 aromatic heterocycles. The van der Waals surface area contributed by atoms with Crippen molar-refractivity contribution in [2.24, 2.45) is 34.3 Å². The van der Waals surface area contributed by atoms with Gasteiger partial charge in [0.15, 0.2) is 29.9 Å². The number of aliphatic hydroxyl groups is 6. The number of aliphatic hydroxyl groups excluding tert-OH is 6. The van der Waals surface area contributed by atoms with Crippen LogP contribution in [-0.2, 0) is 87.7 Å². The minimum absolute atomic E-state index is 0.00777. The van der Waals surface area contributed by atoms with E-state index < -0.39 is 199 Å². The highest BCUT2D eigenvalue weighted by Crippen LogP contribution is 2.72. The SMILES string of the molecule is CCCC1O[C@@H]2C[C@H]3[C@@H]4C[C@H](F)C5=CC(=O)C=C[C@]5(C)[C@@]4(F)[C@@H](O)C[C@]3(C)[C@]2(C(=O)COC(=O)OCc2ccc(NC(=O)[C@H](CCCNC(N)=O)NC(=O)[C@@H](NC(=O)[C@@H](CCCC(=O)NC[C@H](O)[C@@H](O)[C@H](O)[C@H](O)CO)NC(=O)CCOCCOCCOCCOCCN3C(=O)C=CC3=O)C(C)C)cc2)O1. The average Bonchev–Trinajstić information content (AvgIpc) is 1.13. The van der Waals surface area contributed by atoms with Gasteiger partial charge in [-0.05, 0) is 106 Å². The number of ether oxygens (including phenoxy) is 8. The predicted octanol–water partition coefficient (Wildman–Crippen LogP) is -0.281. The first-order valence-corrected chi connectivity index (χ1v) is 35.7. The number of nitrogens with one attached hydrogen (secondary N) is 6. The molecule has 2 heterocycles. The van der Waals surface area contributed by atoms with Crippen molar-refractivity contribution in [2.75, 3.05) is 91.0 Å². The van der Waals surface area contributed by atoms with Crippen LogP contribution in [-0.4, -0.2) is 265 Å². The average molecular weight is 1510 g/mol. The van der Waals surface area contributed by atoms with Crippen molar-refractivity contribution in [3.63, 3.8) is 0 Å². The summed E-state index contributed by atoms with van der Waals surface area (Å²) >= 11 is 0. The number of primary amides is 1. The van der Waals surface area contributed by atoms with E-state index in [1.165, 1.54) is 55.5 Å². The number of halogens is 2. The molecular formula is C71H102F2N8O25. The highest BCUT2D eigenvalue weighted by molar-refractivity contribution is 6.13. The zero-order chi connectivity index (χ0) is 77.7. The molecule has 14 N–H and O–H groups in total. The number of allylic oxidation sites excluding steroid dienone is 4. The molecule has 7 rings (SSSR count). The van der Waals surface area contributed by atoms with E-state index in [9.17, 15) is 78.3 Å². The molecule has 9 amide bonds. The Morgan fingerprint density at radius 3 is 1.99 bits per heavy atom. The van der Waals surface area contributed by atoms with E-state index in [0.29, 0.717) is 18.4 Å². The maximum Gasteiger partial charge on any atom is 0.509 e. The van der Waals surface area contributed by atoms with E-state index in [-0.39, 0.29) is 135 Å². The molecule has 4 fully saturated rings. The highest BCUT2D eigenvalue weighted by Gasteiger charge is 2.80. The molecule has 106 heavy (non-hydrogen) atoms. The van der Waals surface area contributed by atoms with Crippen molar-refractivity contribution in [3.05, 3.63) is 65.8 Å². The van der Waals surface area contributed by atoms with Gasteiger partial charge in [0.25, 0.3) is 11.8 Å². The molecule has 0 bridgehead atoms. The van der Waals surface area contributed by atoms with E-state index in [1.54, 1.807) is 20.8 Å². The van der Waals surface area contributed by atoms with Gasteiger partial charge in [0.2, 0.25) is 35.3 Å². The lowest BCUT2D eigenvalue weighted by Gasteiger charge is -2.63. The zero-order valence-corrected chi connectivity index (χ0v) is 60.2. The maximum absolute atomic E-state index is 18.0. The van der Waals surface area contributed by atoms with Gasteiger partial charge in [-0.1, -0.05) is 52.3 Å². The maximum atomic E-state index is 18.0. The van der Waals surface area contributed by atoms with Crippen LogP contribution in [0.2, 0.25) is 0 Å². The third-order valence-electron chi connectivity index (χ3n) is 20.4. The molecule has 1 aromatic carbocycles. The zero-order valence-electron chi connectivity index (χ0n) is 60.2. The van der Waals surface area contributed by atoms with E-state index in [0.717, 1.165) is 11.0 Å². The van der Waals surface area contributed by atoms with E-state index >= 15 is 8.78 Å². The summed E-state index contributed by atoms with van der Waals surface area (Å²) in [6.07, 6.45) is -8.50. The molecule has 2 aliphatic heterocycles. The lowest BCUT2D eigenvalue weighted by Crippen LogP contribution is -2.71. The number of Topliss-reactive ketones (excluding diaryl/α,β-unsaturated/α-hetero) is 1. The van der Waals surface area contributed by atoms with Crippen LogP contribution in [0.5, 0.6) is 0 Å². The third-order valence-corrected chi connectivity index (χ3v) is 20.4. The Balaban J connectivity index is 0.915. The Hall–Kier alpha value is -7.81. The van der Waals surface area contributed by atoms with Gasteiger partial charge in [0.1, 0.15) is 49.2 Å². The molecule has 33 nitrogen and oxygen atoms in total. The summed E-state index contributed by atoms with van der Waals surface area (Å²) in [5.41, 5.74) is -1.50. The highest BCUT2D eigenvalue weighted by atomic mass is 19.1. The number of hydrogen-bond acceptors (Lipinski definition) is 25. The van der Waals surface area contributed by atoms with Crippen LogP contribution in [0.25, 0.3) is 0 Å². The molecule has 1 aromatic rings. The standard InChI is InChI=1S/C71H102F2N8O25/c1-6-9-59-105-54-34-44-45-33-47(72)46-32-43(83)19-21-68(46,4)70(45,73)52(86)35-69(44,5)71(54,106-59)53(87)39-104-67(98)103-38-41-13-15-42(16-14-41)77-63(94)49(11-8-22-75-66(74)97)79-65(96)60(40(2)3)80-64(95)48(10-7-12-55(88)76-36-50(84)61(92)62(93)51(85)37-82)78-56(89)20-24-99-26-28-101-30-31-102-29-27-100-25-23-81-57(90)17-18-58(81)91/h13-19,21,32,40,44-45,47-52,54,59-62,82,84-86,92-93H,6-12,20,22-31,33-39H2,1-5H3,(H,76,88)(H,77,94)(H,78,89)(H,79,96)(H,80,95)(H3,74,75,97)/t44-,45-,47-,48+,49-,50-,51+,52-,54+,59?,60-,61+,62+,68-,69-,70-,71+/m0/s1. The summed E-state index contributed by atoms with van der Waals surface area (Å²) < 4.78 is 79.7. The topological polar surface area (TPSA) is 484 Å². The Morgan fingerprint density at radius 1 is 0.736 bits per heavy atom. The first kappa shape index (κ1) is 85.4. The van der Waals surface area contributed by atoms with Gasteiger partial charge in [-0.2, -0.15) is 0 Å². The lowest BCUT2D eigenvalue weighted by molar-refractivity contribution is -0.234. The molecule has 4 aliphatic carbocycles. The van der Waals surface area contributed by atoms with Crippen molar-refractivity contribution >= 4 is 70.8 Å². The second-order valence-electron chi connectivity index (χ2n) is 27.9. The van der Waals surface area contributed by atoms with E-state index in [2.05, 4.69) is 31.9 Å². The number of imide groups is 1. The number of anilines is 1. The van der Waals surface area contributed by atoms with Gasteiger partial charge >= 0.3 is 12.2 Å². The third kappa shape index (κ3) is 21.1. The largest absolute Gasteiger partial charge is 0.509 e.